The first-order valence-corrected chi connectivity index (χ1v) is 14.8. The smallest absolute Gasteiger partial charge is 0.542 e. The van der Waals surface area contributed by atoms with Crippen molar-refractivity contribution in [3.8, 4) is 0 Å². The summed E-state index contributed by atoms with van der Waals surface area (Å²) in [5, 5.41) is 125. The molecule has 3 fully saturated rings. The fourth-order valence-electron chi connectivity index (χ4n) is 5.31. The van der Waals surface area contributed by atoms with E-state index in [1.54, 1.807) is 0 Å². The van der Waals surface area contributed by atoms with Crippen LogP contribution >= 0.6 is 0 Å². The number of rotatable bonds is 13. The minimum Gasteiger partial charge on any atom is -0.542 e. The zero-order valence-corrected chi connectivity index (χ0v) is 28.3. The third-order valence-corrected chi connectivity index (χ3v) is 8.12. The number of hydrogen-bond donors (Lipinski definition) is 12. The topological polar surface area (TPSA) is 380 Å². The Labute approximate surface area is 304 Å². The van der Waals surface area contributed by atoms with Crippen LogP contribution in [0.4, 0.5) is 0 Å². The summed E-state index contributed by atoms with van der Waals surface area (Å²) in [6.45, 7) is -2.94. The number of hydrogen-bond acceptors (Lipinski definition) is 22. The van der Waals surface area contributed by atoms with Crippen molar-refractivity contribution in [3.63, 3.8) is 0 Å². The van der Waals surface area contributed by atoms with Crippen LogP contribution in [0.1, 0.15) is 0 Å². The number of carbonyl (C=O) groups is 2. The summed E-state index contributed by atoms with van der Waals surface area (Å²) in [6.07, 6.45) is -30.4. The van der Waals surface area contributed by atoms with Gasteiger partial charge in [-0.2, -0.15) is 0 Å². The number of nitrogens with two attached hydrogens (primary N) is 1. The Bertz CT molecular complexity index is 1150. The van der Waals surface area contributed by atoms with E-state index in [1.807, 2.05) is 0 Å². The van der Waals surface area contributed by atoms with Crippen molar-refractivity contribution >= 4 is 11.9 Å². The van der Waals surface area contributed by atoms with Crippen LogP contribution in [0.3, 0.4) is 0 Å². The predicted molar refractivity (Wildman–Crippen MR) is 143 cm³/mol. The maximum atomic E-state index is 11.3. The molecule has 0 saturated carbocycles. The molecule has 0 aromatic heterocycles. The second-order valence-corrected chi connectivity index (χ2v) is 11.5. The second-order valence-electron chi connectivity index (χ2n) is 11.5. The van der Waals surface area contributed by atoms with Crippen LogP contribution in [0, 0.1) is 0 Å². The van der Waals surface area contributed by atoms with Crippen molar-refractivity contribution < 1.29 is 138 Å². The molecule has 4 rings (SSSR count). The van der Waals surface area contributed by atoms with Gasteiger partial charge in [0.1, 0.15) is 97.1 Å². The second kappa shape index (κ2) is 18.7. The van der Waals surface area contributed by atoms with Gasteiger partial charge in [-0.3, -0.25) is 4.79 Å². The summed E-state index contributed by atoms with van der Waals surface area (Å²) in [5.74, 6) is -4.23. The number of carboxylic acid groups (broad SMARTS) is 2. The van der Waals surface area contributed by atoms with Gasteiger partial charge in [-0.25, -0.2) is 0 Å². The molecule has 4 aliphatic rings. The van der Waals surface area contributed by atoms with E-state index in [2.05, 4.69) is 0 Å². The molecular formula is C26H40NNaO22. The molecule has 18 atom stereocenters. The van der Waals surface area contributed by atoms with E-state index in [-0.39, 0.29) is 29.6 Å². The van der Waals surface area contributed by atoms with E-state index < -0.39 is 155 Å². The van der Waals surface area contributed by atoms with Crippen LogP contribution in [0.15, 0.2) is 11.8 Å². The van der Waals surface area contributed by atoms with Crippen LogP contribution in [0.25, 0.3) is 0 Å². The van der Waals surface area contributed by atoms with E-state index in [0.29, 0.717) is 6.08 Å². The molecule has 0 bridgehead atoms. The Morgan fingerprint density at radius 1 is 0.780 bits per heavy atom. The van der Waals surface area contributed by atoms with Gasteiger partial charge < -0.3 is 110 Å². The van der Waals surface area contributed by atoms with Crippen LogP contribution in [-0.2, 0) is 47.5 Å². The molecule has 23 nitrogen and oxygen atoms in total. The first kappa shape index (κ1) is 43.2. The number of ether oxygens (including phenoxy) is 8. The molecule has 282 valence electrons. The molecular weight excluding hydrogens is 701 g/mol. The monoisotopic (exact) mass is 741 g/mol. The Morgan fingerprint density at radius 2 is 1.30 bits per heavy atom. The first-order valence-electron chi connectivity index (χ1n) is 14.8. The predicted octanol–water partition coefficient (Wildman–Crippen LogP) is -12.8. The molecule has 50 heavy (non-hydrogen) atoms. The first-order chi connectivity index (χ1) is 23.1. The zero-order valence-electron chi connectivity index (χ0n) is 26.3. The van der Waals surface area contributed by atoms with Crippen molar-refractivity contribution in [1.29, 1.82) is 0 Å². The van der Waals surface area contributed by atoms with E-state index in [1.165, 1.54) is 0 Å². The maximum Gasteiger partial charge on any atom is 1.00 e. The minimum absolute atomic E-state index is 0. The summed E-state index contributed by atoms with van der Waals surface area (Å²) in [5.41, 5.74) is 5.35. The maximum absolute atomic E-state index is 11.3. The summed E-state index contributed by atoms with van der Waals surface area (Å²) in [4.78, 5) is 22.2. The molecule has 0 aliphatic carbocycles. The summed E-state index contributed by atoms with van der Waals surface area (Å²) < 4.78 is 42.8. The molecule has 0 aromatic rings. The summed E-state index contributed by atoms with van der Waals surface area (Å²) in [6, 6.07) is -1.46. The normalized spacial score (nSPS) is 44.3. The minimum atomic E-state index is -2.10. The third kappa shape index (κ3) is 9.64. The molecule has 0 radical (unpaired) electrons. The van der Waals surface area contributed by atoms with Crippen molar-refractivity contribution in [2.24, 2.45) is 5.73 Å². The largest absolute Gasteiger partial charge is 1.00 e. The average Bonchev–Trinajstić information content (AvgIpc) is 3.06. The molecule has 7 unspecified atom stereocenters. The van der Waals surface area contributed by atoms with Gasteiger partial charge in [-0.15, -0.1) is 0 Å². The van der Waals surface area contributed by atoms with Crippen LogP contribution in [-0.4, -0.2) is 205 Å². The number of aliphatic hydroxyl groups excluding tert-OH is 10. The molecule has 4 heterocycles. The van der Waals surface area contributed by atoms with Gasteiger partial charge in [0.25, 0.3) is 0 Å². The van der Waals surface area contributed by atoms with Gasteiger partial charge >= 0.3 is 35.5 Å². The van der Waals surface area contributed by atoms with E-state index in [9.17, 15) is 65.8 Å². The fraction of sp³-hybridized carbons (Fsp3) is 0.846. The number of aliphatic carboxylic acids is 2. The molecule has 0 spiro atoms. The quantitative estimate of drug-likeness (QED) is 0.0779. The Morgan fingerprint density at radius 3 is 1.80 bits per heavy atom. The van der Waals surface area contributed by atoms with Gasteiger partial charge in [0.15, 0.2) is 18.9 Å². The Balaban J connectivity index is 0.00000676. The number of carboxylic acids is 2. The van der Waals surface area contributed by atoms with E-state index in [4.69, 9.17) is 48.7 Å². The van der Waals surface area contributed by atoms with Crippen LogP contribution in [0.2, 0.25) is 0 Å². The number of aliphatic hydroxyl groups is 10. The molecule has 4 aliphatic heterocycles. The zero-order chi connectivity index (χ0) is 36.3. The SMILES string of the molecule is NC(CO[C@@H]1OC[C@@H](O[C@@H]2OC(CO)[C@H](O)[C@H](O[C@@H]3OC(CO)[C@H](O)[C@H](O[C@@H]4OC(C(=O)[O-])=C[C@@H](O)C4O)C3O)C2O)[C@@H](O)C1O)C(=O)O.[Na+]. The molecule has 24 heteroatoms. The van der Waals surface area contributed by atoms with Crippen LogP contribution < -0.4 is 40.4 Å². The number of carbonyl (C=O) groups excluding carboxylic acids is 1. The van der Waals surface area contributed by atoms with Gasteiger partial charge in [0, 0.05) is 0 Å². The summed E-state index contributed by atoms with van der Waals surface area (Å²) in [7, 11) is 0. The van der Waals surface area contributed by atoms with E-state index >= 15 is 0 Å². The van der Waals surface area contributed by atoms with Crippen molar-refractivity contribution in [2.75, 3.05) is 26.4 Å². The van der Waals surface area contributed by atoms with Gasteiger partial charge in [-0.1, -0.05) is 0 Å². The third-order valence-electron chi connectivity index (χ3n) is 8.12. The van der Waals surface area contributed by atoms with E-state index in [0.717, 1.165) is 0 Å². The molecule has 3 saturated heterocycles. The molecule has 13 N–H and O–H groups in total. The molecule has 0 aromatic carbocycles. The average molecular weight is 742 g/mol. The summed E-state index contributed by atoms with van der Waals surface area (Å²) >= 11 is 0. The van der Waals surface area contributed by atoms with Crippen molar-refractivity contribution in [2.45, 2.75) is 111 Å². The Hall–Kier alpha value is -1.24. The van der Waals surface area contributed by atoms with Crippen molar-refractivity contribution in [1.82, 2.24) is 0 Å². The fourth-order valence-corrected chi connectivity index (χ4v) is 5.31. The van der Waals surface area contributed by atoms with Crippen LogP contribution in [0.5, 0.6) is 0 Å². The van der Waals surface area contributed by atoms with Gasteiger partial charge in [-0.05, 0) is 6.08 Å². The Kier molecular flexibility index (Phi) is 16.1. The van der Waals surface area contributed by atoms with Crippen molar-refractivity contribution in [3.05, 3.63) is 11.8 Å². The van der Waals surface area contributed by atoms with Gasteiger partial charge in [0.05, 0.1) is 26.4 Å². The standard InChI is InChI=1S/C26H41NO22.Na/c27-6(21(38)39)4-42-23-16(35)13(32)11(5-43-23)47-25-17(36)19(14(33)9(2-28)45-25)49-26-18(37)20(15(34)10(3-29)46-26)48-24-12(31)7(30)1-8(44-24)22(40)41;/h1,6-7,9-20,23-26,28-37H,2-5,27H2,(H,38,39)(H,40,41);/q;+1/p-1/t6?,7-,9?,10?,11-,12?,13-,14+,15+,16?,17?,18?,19+,20+,23-,24+,25+,26+;/m1./s1. The van der Waals surface area contributed by atoms with Gasteiger partial charge in [0.2, 0.25) is 6.29 Å². The molecule has 0 amide bonds.